The van der Waals surface area contributed by atoms with Crippen LogP contribution < -0.4 is 5.32 Å². The molecule has 0 unspecified atom stereocenters. The van der Waals surface area contributed by atoms with Crippen LogP contribution in [0.25, 0.3) is 10.9 Å². The van der Waals surface area contributed by atoms with Crippen LogP contribution >= 0.6 is 11.6 Å². The summed E-state index contributed by atoms with van der Waals surface area (Å²) >= 11 is 6.11. The van der Waals surface area contributed by atoms with E-state index in [9.17, 15) is 9.59 Å². The molecule has 0 saturated carbocycles. The second-order valence-corrected chi connectivity index (χ2v) is 6.97. The summed E-state index contributed by atoms with van der Waals surface area (Å²) in [6.45, 7) is 1.87. The number of halogens is 1. The standard InChI is InChI=1S/C23H17ClN2O2/c1-14-7-5-6-10-17(14)23(28)26-20-18-12-11-16(24)13-19(18)25-21(20)22(27)15-8-3-2-4-9-15/h2-13,25H,1H3,(H,26,28). The van der Waals surface area contributed by atoms with Gasteiger partial charge in [0.2, 0.25) is 5.78 Å². The number of aromatic amines is 1. The molecule has 0 aliphatic heterocycles. The molecule has 1 amide bonds. The first-order valence-corrected chi connectivity index (χ1v) is 9.20. The number of hydrogen-bond acceptors (Lipinski definition) is 2. The molecule has 0 bridgehead atoms. The third-order valence-corrected chi connectivity index (χ3v) is 4.89. The first-order valence-electron chi connectivity index (χ1n) is 8.82. The van der Waals surface area contributed by atoms with Crippen LogP contribution in [-0.4, -0.2) is 16.7 Å². The maximum absolute atomic E-state index is 13.1. The van der Waals surface area contributed by atoms with Gasteiger partial charge in [-0.05, 0) is 36.8 Å². The highest BCUT2D eigenvalue weighted by atomic mass is 35.5. The van der Waals surface area contributed by atoms with Crippen molar-refractivity contribution in [1.82, 2.24) is 4.98 Å². The predicted octanol–water partition coefficient (Wildman–Crippen LogP) is 5.61. The molecule has 1 aromatic heterocycles. The monoisotopic (exact) mass is 388 g/mol. The zero-order chi connectivity index (χ0) is 19.7. The highest BCUT2D eigenvalue weighted by Gasteiger charge is 2.22. The molecule has 1 heterocycles. The number of carbonyl (C=O) groups is 2. The number of ketones is 1. The van der Waals surface area contributed by atoms with E-state index in [2.05, 4.69) is 10.3 Å². The van der Waals surface area contributed by atoms with Crippen molar-refractivity contribution in [2.24, 2.45) is 0 Å². The second kappa shape index (κ2) is 7.33. The molecule has 0 spiro atoms. The molecule has 0 radical (unpaired) electrons. The molecule has 4 aromatic rings. The largest absolute Gasteiger partial charge is 0.350 e. The highest BCUT2D eigenvalue weighted by Crippen LogP contribution is 2.32. The molecule has 138 valence electrons. The number of hydrogen-bond donors (Lipinski definition) is 2. The van der Waals surface area contributed by atoms with Gasteiger partial charge < -0.3 is 10.3 Å². The minimum Gasteiger partial charge on any atom is -0.350 e. The van der Waals surface area contributed by atoms with Crippen LogP contribution in [0, 0.1) is 6.92 Å². The Balaban J connectivity index is 1.83. The number of amides is 1. The summed E-state index contributed by atoms with van der Waals surface area (Å²) in [5.41, 5.74) is 3.42. The molecule has 2 N–H and O–H groups in total. The molecule has 0 saturated heterocycles. The molecule has 3 aromatic carbocycles. The maximum atomic E-state index is 13.1. The number of benzene rings is 3. The Hall–Kier alpha value is -3.37. The summed E-state index contributed by atoms with van der Waals surface area (Å²) in [5, 5.41) is 4.20. The zero-order valence-corrected chi connectivity index (χ0v) is 15.9. The van der Waals surface area contributed by atoms with Crippen molar-refractivity contribution < 1.29 is 9.59 Å². The molecule has 28 heavy (non-hydrogen) atoms. The smallest absolute Gasteiger partial charge is 0.256 e. The van der Waals surface area contributed by atoms with E-state index in [1.807, 2.05) is 31.2 Å². The van der Waals surface area contributed by atoms with Crippen molar-refractivity contribution in [2.75, 3.05) is 5.32 Å². The lowest BCUT2D eigenvalue weighted by atomic mass is 10.1. The first-order chi connectivity index (χ1) is 13.5. The molecule has 0 atom stereocenters. The molecule has 0 fully saturated rings. The Kier molecular flexibility index (Phi) is 4.72. The Morgan fingerprint density at radius 3 is 2.39 bits per heavy atom. The summed E-state index contributed by atoms with van der Waals surface area (Å²) < 4.78 is 0. The summed E-state index contributed by atoms with van der Waals surface area (Å²) in [6, 6.07) is 21.5. The van der Waals surface area contributed by atoms with E-state index in [1.54, 1.807) is 48.5 Å². The van der Waals surface area contributed by atoms with Gasteiger partial charge in [-0.3, -0.25) is 9.59 Å². The van der Waals surface area contributed by atoms with Crippen LogP contribution in [0.15, 0.2) is 72.8 Å². The van der Waals surface area contributed by atoms with E-state index in [-0.39, 0.29) is 11.7 Å². The summed E-state index contributed by atoms with van der Waals surface area (Å²) in [5.74, 6) is -0.468. The number of H-pyrrole nitrogens is 1. The minimum atomic E-state index is -0.268. The molecular formula is C23H17ClN2O2. The third-order valence-electron chi connectivity index (χ3n) is 4.65. The van der Waals surface area contributed by atoms with Gasteiger partial charge in [-0.2, -0.15) is 0 Å². The van der Waals surface area contributed by atoms with Gasteiger partial charge in [-0.15, -0.1) is 0 Å². The number of fused-ring (bicyclic) bond motifs is 1. The number of rotatable bonds is 4. The van der Waals surface area contributed by atoms with Gasteiger partial charge >= 0.3 is 0 Å². The van der Waals surface area contributed by atoms with Crippen molar-refractivity contribution in [2.45, 2.75) is 6.92 Å². The second-order valence-electron chi connectivity index (χ2n) is 6.53. The number of anilines is 1. The molecule has 0 aliphatic carbocycles. The quantitative estimate of drug-likeness (QED) is 0.446. The van der Waals surface area contributed by atoms with E-state index in [4.69, 9.17) is 11.6 Å². The minimum absolute atomic E-state index is 0.201. The fraction of sp³-hybridized carbons (Fsp3) is 0.0435. The van der Waals surface area contributed by atoms with Crippen molar-refractivity contribution in [1.29, 1.82) is 0 Å². The summed E-state index contributed by atoms with van der Waals surface area (Å²) in [7, 11) is 0. The van der Waals surface area contributed by atoms with Crippen LogP contribution in [0.3, 0.4) is 0 Å². The fourth-order valence-corrected chi connectivity index (χ4v) is 3.38. The molecule has 4 rings (SSSR count). The van der Waals surface area contributed by atoms with E-state index in [1.165, 1.54) is 0 Å². The first kappa shape index (κ1) is 18.0. The summed E-state index contributed by atoms with van der Waals surface area (Å²) in [6.07, 6.45) is 0. The van der Waals surface area contributed by atoms with Gasteiger partial charge in [-0.25, -0.2) is 0 Å². The van der Waals surface area contributed by atoms with E-state index in [0.29, 0.717) is 33.0 Å². The average Bonchev–Trinajstić information content (AvgIpc) is 3.05. The Bertz CT molecular complexity index is 1200. The van der Waals surface area contributed by atoms with Crippen LogP contribution in [0.1, 0.15) is 32.0 Å². The number of aromatic nitrogens is 1. The van der Waals surface area contributed by atoms with Gasteiger partial charge in [0.25, 0.3) is 5.91 Å². The van der Waals surface area contributed by atoms with Crippen molar-refractivity contribution in [3.05, 3.63) is 100 Å². The molecule has 4 nitrogen and oxygen atoms in total. The normalized spacial score (nSPS) is 10.8. The number of nitrogens with one attached hydrogen (secondary N) is 2. The number of aryl methyl sites for hydroxylation is 1. The van der Waals surface area contributed by atoms with E-state index < -0.39 is 0 Å². The fourth-order valence-electron chi connectivity index (χ4n) is 3.21. The van der Waals surface area contributed by atoms with Crippen LogP contribution in [0.5, 0.6) is 0 Å². The Morgan fingerprint density at radius 1 is 0.929 bits per heavy atom. The topological polar surface area (TPSA) is 62.0 Å². The third kappa shape index (κ3) is 3.30. The van der Waals surface area contributed by atoms with Crippen LogP contribution in [0.2, 0.25) is 5.02 Å². The van der Waals surface area contributed by atoms with Crippen molar-refractivity contribution in [3.8, 4) is 0 Å². The molecular weight excluding hydrogens is 372 g/mol. The van der Waals surface area contributed by atoms with Gasteiger partial charge in [0.1, 0.15) is 5.69 Å². The van der Waals surface area contributed by atoms with Crippen molar-refractivity contribution >= 4 is 39.9 Å². The number of carbonyl (C=O) groups excluding carboxylic acids is 2. The predicted molar refractivity (Wildman–Crippen MR) is 112 cm³/mol. The maximum Gasteiger partial charge on any atom is 0.256 e. The highest BCUT2D eigenvalue weighted by molar-refractivity contribution is 6.31. The van der Waals surface area contributed by atoms with Crippen LogP contribution in [0.4, 0.5) is 5.69 Å². The van der Waals surface area contributed by atoms with Crippen LogP contribution in [-0.2, 0) is 0 Å². The van der Waals surface area contributed by atoms with Gasteiger partial charge in [0.05, 0.1) is 5.69 Å². The van der Waals surface area contributed by atoms with Gasteiger partial charge in [0, 0.05) is 27.1 Å². The molecule has 0 aliphatic rings. The molecule has 5 heteroatoms. The average molecular weight is 389 g/mol. The van der Waals surface area contributed by atoms with E-state index in [0.717, 1.165) is 10.9 Å². The van der Waals surface area contributed by atoms with Gasteiger partial charge in [-0.1, -0.05) is 60.1 Å². The van der Waals surface area contributed by atoms with E-state index >= 15 is 0 Å². The summed E-state index contributed by atoms with van der Waals surface area (Å²) in [4.78, 5) is 29.1. The van der Waals surface area contributed by atoms with Gasteiger partial charge in [0.15, 0.2) is 0 Å². The SMILES string of the molecule is Cc1ccccc1C(=O)Nc1c(C(=O)c2ccccc2)[nH]c2cc(Cl)ccc12. The van der Waals surface area contributed by atoms with Crippen molar-refractivity contribution in [3.63, 3.8) is 0 Å². The Morgan fingerprint density at radius 2 is 1.64 bits per heavy atom. The lowest BCUT2D eigenvalue weighted by molar-refractivity contribution is 0.102. The Labute approximate surface area is 167 Å². The zero-order valence-electron chi connectivity index (χ0n) is 15.1. The lowest BCUT2D eigenvalue weighted by Crippen LogP contribution is -2.15. The lowest BCUT2D eigenvalue weighted by Gasteiger charge is -2.09.